The number of aliphatic imine (C=N–C) groups is 1. The van der Waals surface area contributed by atoms with Gasteiger partial charge in [0.2, 0.25) is 0 Å². The minimum absolute atomic E-state index is 0.0295. The number of benzene rings is 1. The smallest absolute Gasteiger partial charge is 0.382 e. The van der Waals surface area contributed by atoms with Crippen LogP contribution < -0.4 is 5.32 Å². The van der Waals surface area contributed by atoms with Crippen molar-refractivity contribution in [3.8, 4) is 0 Å². The fraction of sp³-hybridized carbons (Fsp3) is 0.350. The van der Waals surface area contributed by atoms with E-state index in [1.54, 1.807) is 30.5 Å². The van der Waals surface area contributed by atoms with E-state index in [0.29, 0.717) is 23.0 Å². The van der Waals surface area contributed by atoms with Gasteiger partial charge in [-0.2, -0.15) is 13.2 Å². The maximum absolute atomic E-state index is 13.3. The molecule has 6 nitrogen and oxygen atoms in total. The molecule has 156 valence electrons. The van der Waals surface area contributed by atoms with Crippen molar-refractivity contribution in [3.63, 3.8) is 0 Å². The first-order valence-electron chi connectivity index (χ1n) is 9.49. The molecule has 30 heavy (non-hydrogen) atoms. The third-order valence-electron chi connectivity index (χ3n) is 5.06. The summed E-state index contributed by atoms with van der Waals surface area (Å²) >= 11 is 1.08. The van der Waals surface area contributed by atoms with Crippen molar-refractivity contribution in [2.24, 2.45) is 10.9 Å². The van der Waals surface area contributed by atoms with E-state index in [4.69, 9.17) is 0 Å². The second-order valence-corrected chi connectivity index (χ2v) is 7.82. The Hall–Kier alpha value is -2.88. The van der Waals surface area contributed by atoms with Gasteiger partial charge in [-0.05, 0) is 48.8 Å². The van der Waals surface area contributed by atoms with Crippen molar-refractivity contribution >= 4 is 40.2 Å². The maximum atomic E-state index is 13.3. The van der Waals surface area contributed by atoms with E-state index < -0.39 is 17.8 Å². The van der Waals surface area contributed by atoms with Crippen LogP contribution in [0.25, 0.3) is 10.9 Å². The van der Waals surface area contributed by atoms with E-state index in [9.17, 15) is 18.0 Å². The quantitative estimate of drug-likeness (QED) is 0.587. The lowest BCUT2D eigenvalue weighted by atomic mass is 9.86. The van der Waals surface area contributed by atoms with Crippen molar-refractivity contribution < 1.29 is 18.0 Å². The zero-order valence-electron chi connectivity index (χ0n) is 15.8. The number of rotatable bonds is 4. The molecule has 0 bridgehead atoms. The molecule has 1 fully saturated rings. The summed E-state index contributed by atoms with van der Waals surface area (Å²) in [6.45, 7) is 0. The Labute approximate surface area is 174 Å². The Balaban J connectivity index is 1.51. The first kappa shape index (κ1) is 20.4. The molecule has 0 aliphatic heterocycles. The molecule has 1 unspecified atom stereocenters. The minimum atomic E-state index is -4.52. The number of amides is 1. The molecule has 3 aromatic rings. The van der Waals surface area contributed by atoms with Crippen molar-refractivity contribution in [3.05, 3.63) is 47.1 Å². The van der Waals surface area contributed by atoms with Crippen LogP contribution in [0.2, 0.25) is 0 Å². The van der Waals surface area contributed by atoms with E-state index in [1.165, 1.54) is 5.38 Å². The van der Waals surface area contributed by atoms with Gasteiger partial charge in [0.15, 0.2) is 5.69 Å². The van der Waals surface area contributed by atoms with Gasteiger partial charge in [-0.25, -0.2) is 9.98 Å². The van der Waals surface area contributed by atoms with Crippen LogP contribution in [0.15, 0.2) is 40.7 Å². The summed E-state index contributed by atoms with van der Waals surface area (Å²) < 4.78 is 43.5. The minimum Gasteiger partial charge on any atom is -0.382 e. The summed E-state index contributed by atoms with van der Waals surface area (Å²) in [5, 5.41) is 9.16. The third-order valence-corrected chi connectivity index (χ3v) is 5.57. The van der Waals surface area contributed by atoms with Crippen LogP contribution in [-0.4, -0.2) is 32.7 Å². The van der Waals surface area contributed by atoms with E-state index in [-0.39, 0.29) is 17.7 Å². The Morgan fingerprint density at radius 2 is 2.10 bits per heavy atom. The van der Waals surface area contributed by atoms with Crippen LogP contribution in [0.1, 0.15) is 41.9 Å². The molecule has 1 aliphatic carbocycles. The zero-order chi connectivity index (χ0) is 21.1. The second kappa shape index (κ2) is 8.47. The van der Waals surface area contributed by atoms with Crippen LogP contribution in [-0.2, 0) is 6.18 Å². The fourth-order valence-electron chi connectivity index (χ4n) is 3.65. The molecule has 1 amide bonds. The van der Waals surface area contributed by atoms with Gasteiger partial charge < -0.3 is 5.32 Å². The van der Waals surface area contributed by atoms with Gasteiger partial charge >= 0.3 is 6.18 Å². The number of hydrogen-bond donors (Lipinski definition) is 1. The highest BCUT2D eigenvalue weighted by molar-refractivity contribution is 7.03. The Morgan fingerprint density at radius 3 is 2.87 bits per heavy atom. The summed E-state index contributed by atoms with van der Waals surface area (Å²) in [6, 6.07) is 7.81. The standard InChI is InChI=1S/C20H18F3N5OS/c21-20(22,23)18-9-16(14-6-1-2-7-15(14)26-18)25-13-5-3-4-12(8-13)10-24-19(29)17-11-30-28-27-17/h1-2,6-7,9-13H,3-5,8H2,(H,25,26)/t12?,13-/m0/s1. The van der Waals surface area contributed by atoms with Gasteiger partial charge in [0.1, 0.15) is 5.69 Å². The first-order valence-corrected chi connectivity index (χ1v) is 10.3. The van der Waals surface area contributed by atoms with E-state index in [0.717, 1.165) is 36.9 Å². The average Bonchev–Trinajstić information content (AvgIpc) is 3.27. The summed E-state index contributed by atoms with van der Waals surface area (Å²) in [5.74, 6) is -0.379. The highest BCUT2D eigenvalue weighted by Crippen LogP contribution is 2.34. The Morgan fingerprint density at radius 1 is 1.27 bits per heavy atom. The second-order valence-electron chi connectivity index (χ2n) is 7.21. The number of fused-ring (bicyclic) bond motifs is 1. The van der Waals surface area contributed by atoms with Gasteiger partial charge in [0.05, 0.1) is 5.52 Å². The number of aromatic nitrogens is 3. The van der Waals surface area contributed by atoms with Gasteiger partial charge in [0.25, 0.3) is 5.91 Å². The molecule has 2 atom stereocenters. The van der Waals surface area contributed by atoms with Crippen LogP contribution in [0.4, 0.5) is 18.9 Å². The number of alkyl halides is 3. The molecular formula is C20H18F3N5OS. The van der Waals surface area contributed by atoms with Crippen LogP contribution in [0.3, 0.4) is 0 Å². The van der Waals surface area contributed by atoms with Crippen LogP contribution >= 0.6 is 11.5 Å². The third kappa shape index (κ3) is 4.64. The lowest BCUT2D eigenvalue weighted by Gasteiger charge is -2.29. The molecule has 2 aromatic heterocycles. The van der Waals surface area contributed by atoms with Gasteiger partial charge in [-0.3, -0.25) is 4.79 Å². The summed E-state index contributed by atoms with van der Waals surface area (Å²) in [5.41, 5.74) is 0.0103. The number of carbonyl (C=O) groups excluding carboxylic acids is 1. The first-order chi connectivity index (χ1) is 14.4. The number of nitrogens with zero attached hydrogens (tertiary/aromatic N) is 4. The summed E-state index contributed by atoms with van der Waals surface area (Å²) in [6.07, 6.45) is 0.357. The molecule has 10 heteroatoms. The van der Waals surface area contributed by atoms with E-state index in [1.807, 2.05) is 0 Å². The number of pyridine rings is 1. The maximum Gasteiger partial charge on any atom is 0.433 e. The summed E-state index contributed by atoms with van der Waals surface area (Å²) in [7, 11) is 0. The van der Waals surface area contributed by atoms with Crippen LogP contribution in [0.5, 0.6) is 0 Å². The van der Waals surface area contributed by atoms with Crippen molar-refractivity contribution in [2.45, 2.75) is 37.9 Å². The number of para-hydroxylation sites is 1. The fourth-order valence-corrected chi connectivity index (χ4v) is 4.08. The topological polar surface area (TPSA) is 80.1 Å². The molecule has 1 aliphatic rings. The van der Waals surface area contributed by atoms with E-state index >= 15 is 0 Å². The monoisotopic (exact) mass is 433 g/mol. The normalized spacial score (nSPS) is 20.0. The highest BCUT2D eigenvalue weighted by atomic mass is 32.1. The van der Waals surface area contributed by atoms with Gasteiger partial charge in [0, 0.05) is 28.7 Å². The lowest BCUT2D eigenvalue weighted by molar-refractivity contribution is -0.140. The predicted octanol–water partition coefficient (Wildman–Crippen LogP) is 4.99. The van der Waals surface area contributed by atoms with Crippen molar-refractivity contribution in [1.82, 2.24) is 14.6 Å². The molecule has 0 radical (unpaired) electrons. The molecule has 1 saturated carbocycles. The Kier molecular flexibility index (Phi) is 5.76. The Bertz CT molecular complexity index is 1070. The molecule has 4 rings (SSSR count). The molecule has 0 spiro atoms. The number of carbonyl (C=O) groups is 1. The number of halogens is 3. The molecule has 1 aromatic carbocycles. The number of nitrogens with one attached hydrogen (secondary N) is 1. The number of hydrogen-bond acceptors (Lipinski definition) is 6. The molecular weight excluding hydrogens is 415 g/mol. The predicted molar refractivity (Wildman–Crippen MR) is 109 cm³/mol. The molecule has 1 N–H and O–H groups in total. The highest BCUT2D eigenvalue weighted by Gasteiger charge is 2.33. The lowest BCUT2D eigenvalue weighted by Crippen LogP contribution is -2.28. The number of anilines is 1. The zero-order valence-corrected chi connectivity index (χ0v) is 16.6. The van der Waals surface area contributed by atoms with Gasteiger partial charge in [-0.15, -0.1) is 5.10 Å². The van der Waals surface area contributed by atoms with Crippen molar-refractivity contribution in [1.29, 1.82) is 0 Å². The average molecular weight is 433 g/mol. The van der Waals surface area contributed by atoms with E-state index in [2.05, 4.69) is 24.9 Å². The van der Waals surface area contributed by atoms with Crippen LogP contribution in [0, 0.1) is 5.92 Å². The summed E-state index contributed by atoms with van der Waals surface area (Å²) in [4.78, 5) is 19.7. The SMILES string of the molecule is O=C(N=CC1CCC[C@H](Nc2cc(C(F)(F)F)nc3ccccc23)C1)c1csnn1. The van der Waals surface area contributed by atoms with Gasteiger partial charge in [-0.1, -0.05) is 29.1 Å². The van der Waals surface area contributed by atoms with Crippen molar-refractivity contribution in [2.75, 3.05) is 5.32 Å². The largest absolute Gasteiger partial charge is 0.433 e. The molecule has 2 heterocycles. The molecule has 0 saturated heterocycles.